The number of benzene rings is 2. The SMILES string of the molecule is COc1ccc2cc1OCC(=O)NCc1ccc(cc1)O[C@H]1CN(C(=O)c3c(C)cc(=O)oc3C)C[C@@H]1NC2=O. The van der Waals surface area contributed by atoms with Crippen LogP contribution in [0, 0.1) is 13.8 Å². The molecule has 3 amide bonds. The fraction of sp³-hybridized carbons (Fsp3) is 0.310. The summed E-state index contributed by atoms with van der Waals surface area (Å²) in [6, 6.07) is 12.6. The molecular weight excluding hydrogens is 518 g/mol. The second-order valence-electron chi connectivity index (χ2n) is 9.70. The number of carbonyl (C=O) groups is 3. The minimum absolute atomic E-state index is 0.170. The molecule has 1 aromatic heterocycles. The number of hydrogen-bond donors (Lipinski definition) is 2. The molecule has 11 heteroatoms. The number of likely N-dealkylation sites (tertiary alicyclic amines) is 1. The molecule has 2 aromatic carbocycles. The zero-order chi connectivity index (χ0) is 28.4. The summed E-state index contributed by atoms with van der Waals surface area (Å²) in [7, 11) is 1.47. The molecule has 11 nitrogen and oxygen atoms in total. The maximum absolute atomic E-state index is 13.5. The molecule has 2 N–H and O–H groups in total. The summed E-state index contributed by atoms with van der Waals surface area (Å²) >= 11 is 0. The monoisotopic (exact) mass is 547 g/mol. The number of methoxy groups -OCH3 is 1. The molecular formula is C29H29N3O8. The first-order chi connectivity index (χ1) is 19.2. The van der Waals surface area contributed by atoms with Gasteiger partial charge in [0.05, 0.1) is 25.3 Å². The van der Waals surface area contributed by atoms with Crippen LogP contribution in [0.5, 0.6) is 17.2 Å². The Morgan fingerprint density at radius 2 is 1.80 bits per heavy atom. The molecule has 0 spiro atoms. The smallest absolute Gasteiger partial charge is 0.336 e. The van der Waals surface area contributed by atoms with Crippen molar-refractivity contribution in [1.82, 2.24) is 15.5 Å². The number of carbonyl (C=O) groups excluding carboxylic acids is 3. The Bertz CT molecular complexity index is 1490. The summed E-state index contributed by atoms with van der Waals surface area (Å²) in [5, 5.41) is 5.78. The molecule has 6 rings (SSSR count). The highest BCUT2D eigenvalue weighted by Gasteiger charge is 2.39. The van der Waals surface area contributed by atoms with Crippen LogP contribution in [0.4, 0.5) is 0 Å². The summed E-state index contributed by atoms with van der Waals surface area (Å²) in [6.07, 6.45) is -0.570. The van der Waals surface area contributed by atoms with Gasteiger partial charge in [0.25, 0.3) is 17.7 Å². The van der Waals surface area contributed by atoms with Crippen LogP contribution >= 0.6 is 0 Å². The standard InChI is InChI=1S/C29H29N3O8/c1-16-10-26(34)39-17(2)27(16)29(36)32-13-21-24(14-32)40-20-7-4-18(5-8-20)12-30-25(33)15-38-23-11-19(28(35)31-21)6-9-22(23)37-3/h4-11,21,24H,12-15H2,1-3H3,(H,30,33)(H,31,35)/t21-,24-/m0/s1. The van der Waals surface area contributed by atoms with E-state index >= 15 is 0 Å². The van der Waals surface area contributed by atoms with Gasteiger partial charge in [-0.3, -0.25) is 14.4 Å². The normalized spacial score (nSPS) is 19.0. The van der Waals surface area contributed by atoms with Crippen LogP contribution in [-0.4, -0.2) is 61.6 Å². The third kappa shape index (κ3) is 5.63. The van der Waals surface area contributed by atoms with E-state index in [-0.39, 0.29) is 48.6 Å². The van der Waals surface area contributed by atoms with Gasteiger partial charge in [-0.2, -0.15) is 0 Å². The zero-order valence-electron chi connectivity index (χ0n) is 22.3. The summed E-state index contributed by atoms with van der Waals surface area (Å²) in [5.41, 5.74) is 1.44. The van der Waals surface area contributed by atoms with Crippen LogP contribution in [0.15, 0.2) is 57.7 Å². The second kappa shape index (κ2) is 11.1. The van der Waals surface area contributed by atoms with Gasteiger partial charge >= 0.3 is 5.63 Å². The lowest BCUT2D eigenvalue weighted by Crippen LogP contribution is -2.45. The predicted octanol–water partition coefficient (Wildman–Crippen LogP) is 1.98. The Morgan fingerprint density at radius 1 is 1.02 bits per heavy atom. The molecule has 4 bridgehead atoms. The van der Waals surface area contributed by atoms with Gasteiger partial charge in [-0.1, -0.05) is 12.1 Å². The molecule has 3 aliphatic rings. The maximum Gasteiger partial charge on any atom is 0.336 e. The first-order valence-corrected chi connectivity index (χ1v) is 12.8. The van der Waals surface area contributed by atoms with Crippen molar-refractivity contribution in [2.24, 2.45) is 0 Å². The fourth-order valence-electron chi connectivity index (χ4n) is 4.87. The molecule has 0 saturated carbocycles. The third-order valence-electron chi connectivity index (χ3n) is 6.90. The van der Waals surface area contributed by atoms with Crippen LogP contribution in [-0.2, 0) is 11.3 Å². The van der Waals surface area contributed by atoms with Gasteiger partial charge in [0.1, 0.15) is 17.6 Å². The molecule has 0 unspecified atom stereocenters. The Labute approximate surface area is 230 Å². The van der Waals surface area contributed by atoms with E-state index in [1.165, 1.54) is 19.2 Å². The molecule has 4 heterocycles. The topological polar surface area (TPSA) is 136 Å². The highest BCUT2D eigenvalue weighted by atomic mass is 16.5. The van der Waals surface area contributed by atoms with Gasteiger partial charge < -0.3 is 34.2 Å². The Kier molecular flexibility index (Phi) is 7.45. The average molecular weight is 548 g/mol. The molecule has 3 aliphatic heterocycles. The van der Waals surface area contributed by atoms with Crippen LogP contribution in [0.3, 0.4) is 0 Å². The van der Waals surface area contributed by atoms with E-state index in [2.05, 4.69) is 10.6 Å². The number of aryl methyl sites for hydroxylation is 2. The lowest BCUT2D eigenvalue weighted by molar-refractivity contribution is -0.123. The first kappa shape index (κ1) is 26.8. The largest absolute Gasteiger partial charge is 0.493 e. The lowest BCUT2D eigenvalue weighted by atomic mass is 10.1. The maximum atomic E-state index is 13.5. The summed E-state index contributed by atoms with van der Waals surface area (Å²) in [4.78, 5) is 52.5. The lowest BCUT2D eigenvalue weighted by Gasteiger charge is -2.21. The third-order valence-corrected chi connectivity index (χ3v) is 6.90. The molecule has 0 aliphatic carbocycles. The molecule has 208 valence electrons. The quantitative estimate of drug-likeness (QED) is 0.497. The molecule has 1 saturated heterocycles. The van der Waals surface area contributed by atoms with Crippen LogP contribution in [0.2, 0.25) is 0 Å². The van der Waals surface area contributed by atoms with Crippen LogP contribution in [0.1, 0.15) is 37.6 Å². The molecule has 3 aromatic rings. The number of fused-ring (bicyclic) bond motifs is 7. The van der Waals surface area contributed by atoms with Crippen molar-refractivity contribution >= 4 is 17.7 Å². The van der Waals surface area contributed by atoms with E-state index in [9.17, 15) is 19.2 Å². The van der Waals surface area contributed by atoms with E-state index in [1.807, 2.05) is 12.1 Å². The van der Waals surface area contributed by atoms with Crippen molar-refractivity contribution in [2.75, 3.05) is 26.8 Å². The van der Waals surface area contributed by atoms with Gasteiger partial charge in [-0.25, -0.2) is 4.79 Å². The van der Waals surface area contributed by atoms with Gasteiger partial charge in [-0.05, 0) is 55.3 Å². The summed E-state index contributed by atoms with van der Waals surface area (Å²) < 4.78 is 22.4. The van der Waals surface area contributed by atoms with E-state index < -0.39 is 23.7 Å². The average Bonchev–Trinajstić information content (AvgIpc) is 3.32. The van der Waals surface area contributed by atoms with Crippen molar-refractivity contribution in [3.05, 3.63) is 87.0 Å². The highest BCUT2D eigenvalue weighted by Crippen LogP contribution is 2.29. The number of nitrogens with zero attached hydrogens (tertiary/aromatic N) is 1. The predicted molar refractivity (Wildman–Crippen MR) is 143 cm³/mol. The van der Waals surface area contributed by atoms with Crippen molar-refractivity contribution in [3.63, 3.8) is 0 Å². The summed E-state index contributed by atoms with van der Waals surface area (Å²) in [6.45, 7) is 3.65. The molecule has 0 radical (unpaired) electrons. The molecule has 1 fully saturated rings. The van der Waals surface area contributed by atoms with E-state index in [1.54, 1.807) is 43.0 Å². The number of rotatable bonds is 2. The van der Waals surface area contributed by atoms with Gasteiger partial charge in [0.15, 0.2) is 18.1 Å². The van der Waals surface area contributed by atoms with Gasteiger partial charge in [0, 0.05) is 24.7 Å². The Balaban J connectivity index is 1.47. The first-order valence-electron chi connectivity index (χ1n) is 12.8. The van der Waals surface area contributed by atoms with Crippen LogP contribution < -0.4 is 30.5 Å². The van der Waals surface area contributed by atoms with E-state index in [0.717, 1.165) is 5.56 Å². The fourth-order valence-corrected chi connectivity index (χ4v) is 4.87. The minimum atomic E-state index is -0.570. The number of hydrogen-bond acceptors (Lipinski definition) is 8. The van der Waals surface area contributed by atoms with E-state index in [0.29, 0.717) is 29.2 Å². The van der Waals surface area contributed by atoms with Crippen molar-refractivity contribution in [1.29, 1.82) is 0 Å². The van der Waals surface area contributed by atoms with Crippen molar-refractivity contribution in [2.45, 2.75) is 32.5 Å². The molecule has 40 heavy (non-hydrogen) atoms. The van der Waals surface area contributed by atoms with Crippen molar-refractivity contribution < 1.29 is 33.0 Å². The number of amides is 3. The minimum Gasteiger partial charge on any atom is -0.493 e. The molecule has 2 atom stereocenters. The zero-order valence-corrected chi connectivity index (χ0v) is 22.3. The Hall–Kier alpha value is -4.80. The number of nitrogens with one attached hydrogen (secondary N) is 2. The van der Waals surface area contributed by atoms with Gasteiger partial charge in [-0.15, -0.1) is 0 Å². The Morgan fingerprint density at radius 3 is 2.52 bits per heavy atom. The van der Waals surface area contributed by atoms with Crippen molar-refractivity contribution in [3.8, 4) is 17.2 Å². The number of ether oxygens (including phenoxy) is 3. The second-order valence-corrected chi connectivity index (χ2v) is 9.70. The highest BCUT2D eigenvalue weighted by molar-refractivity contribution is 5.97. The van der Waals surface area contributed by atoms with E-state index in [4.69, 9.17) is 18.6 Å². The summed E-state index contributed by atoms with van der Waals surface area (Å²) in [5.74, 6) is 0.327. The van der Waals surface area contributed by atoms with Crippen LogP contribution in [0.25, 0.3) is 0 Å². The van der Waals surface area contributed by atoms with Gasteiger partial charge in [0.2, 0.25) is 0 Å².